The zero-order valence-corrected chi connectivity index (χ0v) is 34.2. The van der Waals surface area contributed by atoms with Crippen LogP contribution in [0.15, 0.2) is 30.3 Å². The minimum absolute atomic E-state index is 0.0665. The maximum Gasteiger partial charge on any atom is 0.407 e. The molecule has 0 fully saturated rings. The van der Waals surface area contributed by atoms with Gasteiger partial charge in [-0.25, -0.2) is 4.79 Å². The molecular weight excluding hydrogens is 699 g/mol. The molecule has 0 bridgehead atoms. The standard InChI is InChI=1S/C40H71N2O10P/c1-5-6-7-8-9-10-11-12-13-14-15-16-17-18-23-28-38(43)48-34-37(35-51-53(46,47)50-32-31-42(2,3)4)52-39(44)29-24-20-25-30-41-40(45)49-33-36-26-21-19-22-27-36/h19,21-22,26-27,37H,5-18,20,23-25,28-35H2,1-4H3,(H-,41,45,46,47)/t37-/m1/s1. The molecule has 1 aromatic rings. The van der Waals surface area contributed by atoms with E-state index in [1.165, 1.54) is 70.6 Å². The molecule has 13 heteroatoms. The third-order valence-electron chi connectivity index (χ3n) is 8.68. The van der Waals surface area contributed by atoms with Crippen molar-refractivity contribution in [2.24, 2.45) is 0 Å². The van der Waals surface area contributed by atoms with Crippen LogP contribution in [-0.2, 0) is 44.0 Å². The van der Waals surface area contributed by atoms with Gasteiger partial charge in [0.1, 0.15) is 26.4 Å². The Morgan fingerprint density at radius 2 is 1.23 bits per heavy atom. The summed E-state index contributed by atoms with van der Waals surface area (Å²) in [5, 5.41) is 2.69. The van der Waals surface area contributed by atoms with Gasteiger partial charge in [-0.2, -0.15) is 0 Å². The average Bonchev–Trinajstić information content (AvgIpc) is 3.11. The number of carbonyl (C=O) groups excluding carboxylic acids is 3. The SMILES string of the molecule is CCCCCCCCCCCCCCCCCC(=O)OC[C@H](COP(=O)([O-])OCC[N+](C)(C)C)OC(=O)CCCCCNC(=O)OCc1ccccc1. The zero-order valence-electron chi connectivity index (χ0n) is 33.3. The molecule has 0 aliphatic carbocycles. The van der Waals surface area contributed by atoms with E-state index >= 15 is 0 Å². The predicted molar refractivity (Wildman–Crippen MR) is 206 cm³/mol. The molecule has 0 aromatic heterocycles. The minimum atomic E-state index is -4.67. The Hall–Kier alpha value is -2.50. The van der Waals surface area contributed by atoms with Crippen molar-refractivity contribution in [1.29, 1.82) is 0 Å². The van der Waals surface area contributed by atoms with Crippen LogP contribution in [0, 0.1) is 0 Å². The smallest absolute Gasteiger partial charge is 0.407 e. The molecule has 0 spiro atoms. The normalized spacial score (nSPS) is 13.2. The lowest BCUT2D eigenvalue weighted by atomic mass is 10.0. The summed E-state index contributed by atoms with van der Waals surface area (Å²) < 4.78 is 38.8. The number of likely N-dealkylation sites (N-methyl/N-ethyl adjacent to an activating group) is 1. The molecule has 0 heterocycles. The molecule has 1 amide bonds. The van der Waals surface area contributed by atoms with E-state index in [0.29, 0.717) is 43.3 Å². The lowest BCUT2D eigenvalue weighted by Gasteiger charge is -2.28. The Bertz CT molecular complexity index is 1130. The fourth-order valence-electron chi connectivity index (χ4n) is 5.43. The number of benzene rings is 1. The molecular formula is C40H71N2O10P. The molecule has 1 rings (SSSR count). The molecule has 12 nitrogen and oxygen atoms in total. The molecule has 0 aliphatic heterocycles. The number of phosphoric ester groups is 1. The maximum atomic E-state index is 12.6. The Balaban J connectivity index is 2.32. The van der Waals surface area contributed by atoms with Gasteiger partial charge in [-0.05, 0) is 24.8 Å². The minimum Gasteiger partial charge on any atom is -0.756 e. The molecule has 53 heavy (non-hydrogen) atoms. The number of nitrogens with one attached hydrogen (secondary N) is 1. The number of esters is 2. The Labute approximate surface area is 320 Å². The number of hydrogen-bond acceptors (Lipinski definition) is 10. The summed E-state index contributed by atoms with van der Waals surface area (Å²) >= 11 is 0. The number of unbranched alkanes of at least 4 members (excludes halogenated alkanes) is 16. The third-order valence-corrected chi connectivity index (χ3v) is 9.65. The van der Waals surface area contributed by atoms with Crippen molar-refractivity contribution in [3.63, 3.8) is 0 Å². The highest BCUT2D eigenvalue weighted by Crippen LogP contribution is 2.38. The maximum absolute atomic E-state index is 12.6. The quantitative estimate of drug-likeness (QED) is 0.0238. The molecule has 2 atom stereocenters. The van der Waals surface area contributed by atoms with Gasteiger partial charge in [0.15, 0.2) is 6.10 Å². The largest absolute Gasteiger partial charge is 0.756 e. The summed E-state index contributed by atoms with van der Waals surface area (Å²) in [5.74, 6) is -1.00. The molecule has 1 N–H and O–H groups in total. The highest BCUT2D eigenvalue weighted by molar-refractivity contribution is 7.45. The molecule has 0 radical (unpaired) electrons. The van der Waals surface area contributed by atoms with Gasteiger partial charge in [0.25, 0.3) is 7.82 Å². The number of rotatable bonds is 34. The first kappa shape index (κ1) is 48.5. The van der Waals surface area contributed by atoms with Gasteiger partial charge in [-0.3, -0.25) is 14.2 Å². The molecule has 0 aliphatic rings. The van der Waals surface area contributed by atoms with Crippen molar-refractivity contribution >= 4 is 25.9 Å². The van der Waals surface area contributed by atoms with Crippen molar-refractivity contribution in [2.75, 3.05) is 54.1 Å². The number of nitrogens with zero attached hydrogens (tertiary/aromatic N) is 1. The van der Waals surface area contributed by atoms with Crippen molar-refractivity contribution in [3.8, 4) is 0 Å². The Morgan fingerprint density at radius 1 is 0.698 bits per heavy atom. The average molecular weight is 771 g/mol. The number of alkyl carbamates (subject to hydrolysis) is 1. The van der Waals surface area contributed by atoms with Gasteiger partial charge in [0.05, 0.1) is 27.7 Å². The van der Waals surface area contributed by atoms with Crippen molar-refractivity contribution < 1.29 is 51.6 Å². The van der Waals surface area contributed by atoms with Crippen LogP contribution in [0.5, 0.6) is 0 Å². The molecule has 306 valence electrons. The molecule has 0 saturated heterocycles. The van der Waals surface area contributed by atoms with E-state index in [1.807, 2.05) is 51.5 Å². The van der Waals surface area contributed by atoms with Gasteiger partial charge in [-0.1, -0.05) is 134 Å². The van der Waals surface area contributed by atoms with Crippen LogP contribution in [-0.4, -0.2) is 82.7 Å². The van der Waals surface area contributed by atoms with E-state index in [9.17, 15) is 23.8 Å². The highest BCUT2D eigenvalue weighted by atomic mass is 31.2. The van der Waals surface area contributed by atoms with E-state index in [0.717, 1.165) is 24.8 Å². The van der Waals surface area contributed by atoms with E-state index in [-0.39, 0.29) is 32.7 Å². The van der Waals surface area contributed by atoms with Crippen molar-refractivity contribution in [2.45, 2.75) is 148 Å². The highest BCUT2D eigenvalue weighted by Gasteiger charge is 2.21. The van der Waals surface area contributed by atoms with Crippen LogP contribution < -0.4 is 10.2 Å². The van der Waals surface area contributed by atoms with Crippen LogP contribution in [0.25, 0.3) is 0 Å². The third kappa shape index (κ3) is 31.5. The van der Waals surface area contributed by atoms with Gasteiger partial charge in [-0.15, -0.1) is 0 Å². The number of ether oxygens (including phenoxy) is 3. The topological polar surface area (TPSA) is 150 Å². The fraction of sp³-hybridized carbons (Fsp3) is 0.775. The van der Waals surface area contributed by atoms with Crippen LogP contribution >= 0.6 is 7.82 Å². The van der Waals surface area contributed by atoms with E-state index in [4.69, 9.17) is 23.3 Å². The van der Waals surface area contributed by atoms with Gasteiger partial charge in [0.2, 0.25) is 0 Å². The summed E-state index contributed by atoms with van der Waals surface area (Å²) in [7, 11) is 1.04. The van der Waals surface area contributed by atoms with Crippen molar-refractivity contribution in [3.05, 3.63) is 35.9 Å². The second-order valence-electron chi connectivity index (χ2n) is 14.9. The second kappa shape index (κ2) is 30.8. The Kier molecular flexibility index (Phi) is 28.2. The lowest BCUT2D eigenvalue weighted by Crippen LogP contribution is -2.37. The number of quaternary nitrogens is 1. The Morgan fingerprint density at radius 3 is 1.79 bits per heavy atom. The van der Waals surface area contributed by atoms with E-state index in [2.05, 4.69) is 12.2 Å². The summed E-state index contributed by atoms with van der Waals surface area (Å²) in [6, 6.07) is 9.37. The van der Waals surface area contributed by atoms with Crippen LogP contribution in [0.2, 0.25) is 0 Å². The zero-order chi connectivity index (χ0) is 39.0. The second-order valence-corrected chi connectivity index (χ2v) is 16.3. The summed E-state index contributed by atoms with van der Waals surface area (Å²) in [6.07, 6.45) is 18.9. The predicted octanol–water partition coefficient (Wildman–Crippen LogP) is 8.40. The summed E-state index contributed by atoms with van der Waals surface area (Å²) in [5.41, 5.74) is 0.894. The molecule has 1 aromatic carbocycles. The van der Waals surface area contributed by atoms with E-state index in [1.54, 1.807) is 0 Å². The van der Waals surface area contributed by atoms with Crippen LogP contribution in [0.4, 0.5) is 4.79 Å². The monoisotopic (exact) mass is 770 g/mol. The van der Waals surface area contributed by atoms with Gasteiger partial charge >= 0.3 is 18.0 Å². The van der Waals surface area contributed by atoms with E-state index < -0.39 is 38.6 Å². The number of amides is 1. The first-order valence-corrected chi connectivity index (χ1v) is 21.6. The van der Waals surface area contributed by atoms with Crippen LogP contribution in [0.1, 0.15) is 141 Å². The molecule has 1 unspecified atom stereocenters. The van der Waals surface area contributed by atoms with Gasteiger partial charge < -0.3 is 38.0 Å². The number of carbonyl (C=O) groups is 3. The lowest BCUT2D eigenvalue weighted by molar-refractivity contribution is -0.870. The number of phosphoric acid groups is 1. The van der Waals surface area contributed by atoms with Gasteiger partial charge in [0, 0.05) is 19.4 Å². The number of hydrogen-bond donors (Lipinski definition) is 1. The summed E-state index contributed by atoms with van der Waals surface area (Å²) in [6.45, 7) is 2.34. The fourth-order valence-corrected chi connectivity index (χ4v) is 6.16. The first-order chi connectivity index (χ1) is 25.4. The van der Waals surface area contributed by atoms with Crippen molar-refractivity contribution in [1.82, 2.24) is 5.32 Å². The first-order valence-electron chi connectivity index (χ1n) is 20.1. The molecule has 0 saturated carbocycles. The summed E-state index contributed by atoms with van der Waals surface area (Å²) in [4.78, 5) is 49.3. The van der Waals surface area contributed by atoms with Crippen LogP contribution in [0.3, 0.4) is 0 Å².